The van der Waals surface area contributed by atoms with Gasteiger partial charge in [-0.05, 0) is 29.8 Å². The average molecular weight is 327 g/mol. The van der Waals surface area contributed by atoms with Crippen molar-refractivity contribution in [3.63, 3.8) is 0 Å². The summed E-state index contributed by atoms with van der Waals surface area (Å²) in [5, 5.41) is 2.95. The van der Waals surface area contributed by atoms with E-state index in [0.717, 1.165) is 33.7 Å². The number of carbonyl (C=O) groups is 1. The van der Waals surface area contributed by atoms with Crippen LogP contribution in [0.15, 0.2) is 78.9 Å². The summed E-state index contributed by atoms with van der Waals surface area (Å²) in [7, 11) is 0. The molecule has 2 N–H and O–H groups in total. The molecule has 25 heavy (non-hydrogen) atoms. The van der Waals surface area contributed by atoms with Gasteiger partial charge in [0, 0.05) is 11.3 Å². The molecule has 0 saturated heterocycles. The number of aromatic nitrogens is 2. The molecule has 0 fully saturated rings. The lowest BCUT2D eigenvalue weighted by Gasteiger charge is -2.07. The fourth-order valence-corrected chi connectivity index (χ4v) is 2.82. The molecular formula is C21H17N3O. The van der Waals surface area contributed by atoms with Crippen molar-refractivity contribution < 1.29 is 4.79 Å². The summed E-state index contributed by atoms with van der Waals surface area (Å²) in [5.41, 5.74) is 4.62. The van der Waals surface area contributed by atoms with Crippen LogP contribution in [0.4, 0.5) is 5.69 Å². The van der Waals surface area contributed by atoms with Crippen LogP contribution in [0.25, 0.3) is 22.4 Å². The average Bonchev–Trinajstić information content (AvgIpc) is 3.07. The highest BCUT2D eigenvalue weighted by Crippen LogP contribution is 2.23. The van der Waals surface area contributed by atoms with Crippen LogP contribution < -0.4 is 5.32 Å². The molecule has 122 valence electrons. The lowest BCUT2D eigenvalue weighted by Crippen LogP contribution is -2.14. The molecule has 0 aliphatic carbocycles. The number of fused-ring (bicyclic) bond motifs is 1. The fourth-order valence-electron chi connectivity index (χ4n) is 2.82. The number of hydrogen-bond donors (Lipinski definition) is 2. The molecule has 4 heteroatoms. The molecule has 0 unspecified atom stereocenters. The van der Waals surface area contributed by atoms with Gasteiger partial charge in [-0.25, -0.2) is 4.98 Å². The third-order valence-electron chi connectivity index (χ3n) is 4.02. The maximum absolute atomic E-state index is 12.2. The van der Waals surface area contributed by atoms with Crippen LogP contribution in [0.3, 0.4) is 0 Å². The highest BCUT2D eigenvalue weighted by molar-refractivity contribution is 5.93. The van der Waals surface area contributed by atoms with Gasteiger partial charge in [0.2, 0.25) is 5.91 Å². The van der Waals surface area contributed by atoms with E-state index in [1.54, 1.807) is 0 Å². The van der Waals surface area contributed by atoms with E-state index in [1.165, 1.54) is 0 Å². The smallest absolute Gasteiger partial charge is 0.228 e. The molecule has 0 aliphatic heterocycles. The third-order valence-corrected chi connectivity index (χ3v) is 4.02. The molecule has 0 aliphatic rings. The minimum atomic E-state index is -0.0343. The number of nitrogens with zero attached hydrogens (tertiary/aromatic N) is 1. The van der Waals surface area contributed by atoms with Crippen LogP contribution in [0.2, 0.25) is 0 Å². The predicted molar refractivity (Wildman–Crippen MR) is 100 cm³/mol. The second-order valence-corrected chi connectivity index (χ2v) is 5.89. The van der Waals surface area contributed by atoms with Crippen molar-refractivity contribution in [1.82, 2.24) is 9.97 Å². The van der Waals surface area contributed by atoms with Gasteiger partial charge in [0.1, 0.15) is 5.82 Å². The Kier molecular flexibility index (Phi) is 4.01. The lowest BCUT2D eigenvalue weighted by molar-refractivity contribution is -0.115. The summed E-state index contributed by atoms with van der Waals surface area (Å²) in [4.78, 5) is 20.1. The zero-order chi connectivity index (χ0) is 17.1. The van der Waals surface area contributed by atoms with Gasteiger partial charge in [-0.15, -0.1) is 0 Å². The second-order valence-electron chi connectivity index (χ2n) is 5.89. The van der Waals surface area contributed by atoms with E-state index in [9.17, 15) is 4.79 Å². The second kappa shape index (κ2) is 6.61. The number of para-hydroxylation sites is 2. The summed E-state index contributed by atoms with van der Waals surface area (Å²) in [6.45, 7) is 0. The Morgan fingerprint density at radius 3 is 2.56 bits per heavy atom. The van der Waals surface area contributed by atoms with Crippen LogP contribution in [-0.4, -0.2) is 15.9 Å². The molecule has 0 bridgehead atoms. The van der Waals surface area contributed by atoms with Crippen LogP contribution in [0, 0.1) is 0 Å². The van der Waals surface area contributed by atoms with Crippen molar-refractivity contribution in [1.29, 1.82) is 0 Å². The lowest BCUT2D eigenvalue weighted by atomic mass is 10.1. The number of imidazole rings is 1. The topological polar surface area (TPSA) is 57.8 Å². The summed E-state index contributed by atoms with van der Waals surface area (Å²) in [6.07, 6.45) is 0.357. The molecule has 0 radical (unpaired) electrons. The largest absolute Gasteiger partial charge is 0.338 e. The van der Waals surface area contributed by atoms with Gasteiger partial charge in [-0.1, -0.05) is 54.6 Å². The number of carbonyl (C=O) groups excluding carboxylic acids is 1. The quantitative estimate of drug-likeness (QED) is 0.583. The normalized spacial score (nSPS) is 10.7. The molecule has 4 rings (SSSR count). The van der Waals surface area contributed by atoms with Gasteiger partial charge in [0.05, 0.1) is 17.5 Å². The Labute approximate surface area is 145 Å². The van der Waals surface area contributed by atoms with E-state index in [2.05, 4.69) is 15.3 Å². The van der Waals surface area contributed by atoms with E-state index >= 15 is 0 Å². The van der Waals surface area contributed by atoms with Crippen molar-refractivity contribution in [3.05, 3.63) is 84.4 Å². The van der Waals surface area contributed by atoms with Crippen molar-refractivity contribution in [2.75, 3.05) is 5.32 Å². The van der Waals surface area contributed by atoms with Crippen LogP contribution in [0.5, 0.6) is 0 Å². The van der Waals surface area contributed by atoms with E-state index < -0.39 is 0 Å². The van der Waals surface area contributed by atoms with Gasteiger partial charge < -0.3 is 10.3 Å². The van der Waals surface area contributed by atoms with E-state index in [1.807, 2.05) is 78.9 Å². The number of aromatic amines is 1. The number of amides is 1. The van der Waals surface area contributed by atoms with E-state index in [4.69, 9.17) is 0 Å². The van der Waals surface area contributed by atoms with Crippen molar-refractivity contribution in [2.45, 2.75) is 6.42 Å². The summed E-state index contributed by atoms with van der Waals surface area (Å²) in [6, 6.07) is 25.3. The summed E-state index contributed by atoms with van der Waals surface area (Å²) < 4.78 is 0. The minimum Gasteiger partial charge on any atom is -0.338 e. The molecule has 0 saturated carbocycles. The van der Waals surface area contributed by atoms with Crippen LogP contribution in [0.1, 0.15) is 5.56 Å². The first kappa shape index (κ1) is 15.1. The Morgan fingerprint density at radius 2 is 1.72 bits per heavy atom. The molecular weight excluding hydrogens is 310 g/mol. The molecule has 0 atom stereocenters. The summed E-state index contributed by atoms with van der Waals surface area (Å²) in [5.74, 6) is 0.758. The number of H-pyrrole nitrogens is 1. The monoisotopic (exact) mass is 327 g/mol. The Hall–Kier alpha value is -3.40. The van der Waals surface area contributed by atoms with Crippen molar-refractivity contribution >= 4 is 22.6 Å². The third kappa shape index (κ3) is 3.43. The number of nitrogens with one attached hydrogen (secondary N) is 2. The first-order valence-electron chi connectivity index (χ1n) is 8.17. The van der Waals surface area contributed by atoms with Gasteiger partial charge >= 0.3 is 0 Å². The zero-order valence-electron chi connectivity index (χ0n) is 13.6. The van der Waals surface area contributed by atoms with E-state index in [0.29, 0.717) is 6.42 Å². The highest BCUT2D eigenvalue weighted by atomic mass is 16.1. The number of benzene rings is 3. The molecule has 1 amide bonds. The van der Waals surface area contributed by atoms with Crippen LogP contribution >= 0.6 is 0 Å². The fraction of sp³-hybridized carbons (Fsp3) is 0.0476. The SMILES string of the molecule is O=C(Cc1ccccc1)Nc1cccc(-c2nc3ccccc3[nH]2)c1. The van der Waals surface area contributed by atoms with Crippen molar-refractivity contribution in [3.8, 4) is 11.4 Å². The Balaban J connectivity index is 1.54. The first-order chi connectivity index (χ1) is 12.3. The number of rotatable bonds is 4. The predicted octanol–water partition coefficient (Wildman–Crippen LogP) is 4.41. The highest BCUT2D eigenvalue weighted by Gasteiger charge is 2.08. The molecule has 3 aromatic carbocycles. The summed E-state index contributed by atoms with van der Waals surface area (Å²) >= 11 is 0. The van der Waals surface area contributed by atoms with E-state index in [-0.39, 0.29) is 5.91 Å². The van der Waals surface area contributed by atoms with Crippen molar-refractivity contribution in [2.24, 2.45) is 0 Å². The molecule has 4 aromatic rings. The van der Waals surface area contributed by atoms with Gasteiger partial charge in [0.15, 0.2) is 0 Å². The molecule has 4 nitrogen and oxygen atoms in total. The minimum absolute atomic E-state index is 0.0343. The molecule has 1 aromatic heterocycles. The molecule has 0 spiro atoms. The molecule has 1 heterocycles. The Morgan fingerprint density at radius 1 is 0.920 bits per heavy atom. The maximum Gasteiger partial charge on any atom is 0.228 e. The maximum atomic E-state index is 12.2. The number of anilines is 1. The van der Waals surface area contributed by atoms with Gasteiger partial charge in [-0.3, -0.25) is 4.79 Å². The number of hydrogen-bond acceptors (Lipinski definition) is 2. The standard InChI is InChI=1S/C21H17N3O/c25-20(13-15-7-2-1-3-8-15)22-17-10-6-9-16(14-17)21-23-18-11-4-5-12-19(18)24-21/h1-12,14H,13H2,(H,22,25)(H,23,24). The first-order valence-corrected chi connectivity index (χ1v) is 8.17. The zero-order valence-corrected chi connectivity index (χ0v) is 13.6. The Bertz CT molecular complexity index is 988. The van der Waals surface area contributed by atoms with Gasteiger partial charge in [-0.2, -0.15) is 0 Å². The van der Waals surface area contributed by atoms with Gasteiger partial charge in [0.25, 0.3) is 0 Å². The van der Waals surface area contributed by atoms with Crippen LogP contribution in [-0.2, 0) is 11.2 Å².